The van der Waals surface area contributed by atoms with Crippen molar-refractivity contribution < 1.29 is 23.8 Å². The first-order valence-electron chi connectivity index (χ1n) is 10.4. The summed E-state index contributed by atoms with van der Waals surface area (Å²) in [5, 5.41) is 0. The van der Waals surface area contributed by atoms with Gasteiger partial charge >= 0.3 is 11.9 Å². The Bertz CT molecular complexity index is 956. The summed E-state index contributed by atoms with van der Waals surface area (Å²) in [4.78, 5) is 23.4. The van der Waals surface area contributed by atoms with E-state index in [1.165, 1.54) is 5.56 Å². The van der Waals surface area contributed by atoms with Gasteiger partial charge in [0.25, 0.3) is 0 Å². The van der Waals surface area contributed by atoms with Gasteiger partial charge in [-0.1, -0.05) is 18.7 Å². The molecule has 0 atom stereocenters. The molecule has 0 N–H and O–H groups in total. The molecule has 0 heterocycles. The number of carbonyl (C=O) groups excluding carboxylic acids is 2. The van der Waals surface area contributed by atoms with E-state index >= 15 is 0 Å². The lowest BCUT2D eigenvalue weighted by Gasteiger charge is -2.26. The van der Waals surface area contributed by atoms with Gasteiger partial charge in [0.2, 0.25) is 6.79 Å². The summed E-state index contributed by atoms with van der Waals surface area (Å²) in [6.07, 6.45) is 5.61. The Morgan fingerprint density at radius 1 is 1.00 bits per heavy atom. The van der Waals surface area contributed by atoms with E-state index in [4.69, 9.17) is 14.2 Å². The highest BCUT2D eigenvalue weighted by Gasteiger charge is 2.21. The minimum atomic E-state index is -0.565. The number of carbonyl (C=O) groups is 2. The fourth-order valence-electron chi connectivity index (χ4n) is 3.65. The van der Waals surface area contributed by atoms with Crippen LogP contribution in [0.2, 0.25) is 0 Å². The lowest BCUT2D eigenvalue weighted by atomic mass is 9.79. The van der Waals surface area contributed by atoms with Crippen LogP contribution in [0.1, 0.15) is 54.4 Å². The van der Waals surface area contributed by atoms with Crippen molar-refractivity contribution in [1.82, 2.24) is 0 Å². The smallest absolute Gasteiger partial charge is 0.343 e. The number of benzene rings is 2. The van der Waals surface area contributed by atoms with Crippen molar-refractivity contribution in [2.75, 3.05) is 6.79 Å². The van der Waals surface area contributed by atoms with Gasteiger partial charge < -0.3 is 14.2 Å². The lowest BCUT2D eigenvalue weighted by Crippen LogP contribution is -2.12. The maximum Gasteiger partial charge on any atom is 0.343 e. The topological polar surface area (TPSA) is 61.8 Å². The van der Waals surface area contributed by atoms with Crippen LogP contribution in [0, 0.1) is 17.8 Å². The Balaban J connectivity index is 1.50. The monoisotopic (exact) mass is 418 g/mol. The Morgan fingerprint density at radius 3 is 2.26 bits per heavy atom. The molecule has 5 heteroatoms. The van der Waals surface area contributed by atoms with Crippen LogP contribution >= 0.6 is 0 Å². The van der Waals surface area contributed by atoms with Gasteiger partial charge in [-0.3, -0.25) is 0 Å². The Morgan fingerprint density at radius 2 is 1.65 bits per heavy atom. The Kier molecular flexibility index (Phi) is 7.89. The normalized spacial score (nSPS) is 17.6. The van der Waals surface area contributed by atoms with Crippen LogP contribution in [0.3, 0.4) is 0 Å². The molecule has 0 aliphatic heterocycles. The molecule has 0 unspecified atom stereocenters. The van der Waals surface area contributed by atoms with Crippen molar-refractivity contribution in [3.8, 4) is 23.3 Å². The Hall–Kier alpha value is -3.52. The third-order valence-electron chi connectivity index (χ3n) is 5.32. The zero-order valence-electron chi connectivity index (χ0n) is 17.6. The number of rotatable bonds is 7. The van der Waals surface area contributed by atoms with Crippen LogP contribution < -0.4 is 9.47 Å². The molecule has 1 fully saturated rings. The zero-order valence-corrected chi connectivity index (χ0v) is 17.6. The molecule has 160 valence electrons. The van der Waals surface area contributed by atoms with Crippen LogP contribution in [0.25, 0.3) is 0 Å². The highest BCUT2D eigenvalue weighted by Crippen LogP contribution is 2.36. The molecule has 0 aromatic heterocycles. The summed E-state index contributed by atoms with van der Waals surface area (Å²) in [7, 11) is 0. The van der Waals surface area contributed by atoms with E-state index in [0.717, 1.165) is 31.8 Å². The average molecular weight is 418 g/mol. The third-order valence-corrected chi connectivity index (χ3v) is 5.32. The van der Waals surface area contributed by atoms with Crippen molar-refractivity contribution in [3.63, 3.8) is 0 Å². The molecule has 3 rings (SSSR count). The molecule has 31 heavy (non-hydrogen) atoms. The minimum absolute atomic E-state index is 0.228. The number of hydrogen-bond donors (Lipinski definition) is 0. The van der Waals surface area contributed by atoms with Gasteiger partial charge in [0.1, 0.15) is 11.5 Å². The maximum absolute atomic E-state index is 12.4. The van der Waals surface area contributed by atoms with Crippen LogP contribution in [0.15, 0.2) is 61.2 Å². The summed E-state index contributed by atoms with van der Waals surface area (Å²) in [6.45, 7) is 4.98. The van der Waals surface area contributed by atoms with Crippen LogP contribution in [0.4, 0.5) is 0 Å². The van der Waals surface area contributed by atoms with Gasteiger partial charge in [-0.05, 0) is 80.5 Å². The molecular weight excluding hydrogens is 392 g/mol. The molecule has 1 saturated carbocycles. The number of hydrogen-bond acceptors (Lipinski definition) is 5. The standard InChI is InChI=1S/C26H26O5/c1-3-5-19-6-8-20(9-7-19)21-10-16-24(17-11-21)31-26(28)22-12-14-23(15-13-22)29-18-30-25(27)4-2/h4,10-17,19-20H,2,6-9,18H2,1H3. The van der Waals surface area contributed by atoms with E-state index < -0.39 is 11.9 Å². The molecule has 1 aliphatic carbocycles. The van der Waals surface area contributed by atoms with Crippen molar-refractivity contribution in [2.45, 2.75) is 38.5 Å². The first kappa shape index (κ1) is 22.2. The van der Waals surface area contributed by atoms with E-state index in [-0.39, 0.29) is 6.79 Å². The SMILES string of the molecule is C=CC(=O)OCOc1ccc(C(=O)Oc2ccc(C3CCC(C#CC)CC3)cc2)cc1. The van der Waals surface area contributed by atoms with Gasteiger partial charge in [0.15, 0.2) is 0 Å². The first-order chi connectivity index (χ1) is 15.1. The van der Waals surface area contributed by atoms with E-state index in [1.54, 1.807) is 24.3 Å². The van der Waals surface area contributed by atoms with E-state index in [2.05, 4.69) is 18.4 Å². The molecule has 1 aliphatic rings. The summed E-state index contributed by atoms with van der Waals surface area (Å²) < 4.78 is 15.5. The summed E-state index contributed by atoms with van der Waals surface area (Å²) in [6, 6.07) is 14.2. The Labute approximate surface area is 183 Å². The van der Waals surface area contributed by atoms with Gasteiger partial charge in [-0.15, -0.1) is 11.8 Å². The van der Waals surface area contributed by atoms with Crippen molar-refractivity contribution >= 4 is 11.9 Å². The van der Waals surface area contributed by atoms with Crippen LogP contribution in [0.5, 0.6) is 11.5 Å². The predicted molar refractivity (Wildman–Crippen MR) is 118 cm³/mol. The average Bonchev–Trinajstić information content (AvgIpc) is 2.80. The molecule has 0 spiro atoms. The molecule has 0 bridgehead atoms. The largest absolute Gasteiger partial charge is 0.457 e. The van der Waals surface area contributed by atoms with Crippen molar-refractivity contribution in [1.29, 1.82) is 0 Å². The fraction of sp³-hybridized carbons (Fsp3) is 0.308. The van der Waals surface area contributed by atoms with Gasteiger partial charge in [-0.2, -0.15) is 0 Å². The minimum Gasteiger partial charge on any atom is -0.457 e. The molecular formula is C26H26O5. The van der Waals surface area contributed by atoms with E-state index in [1.807, 2.05) is 31.2 Å². The van der Waals surface area contributed by atoms with Gasteiger partial charge in [0.05, 0.1) is 5.56 Å². The lowest BCUT2D eigenvalue weighted by molar-refractivity contribution is -0.144. The second-order valence-electron chi connectivity index (χ2n) is 7.36. The molecule has 2 aromatic rings. The maximum atomic E-state index is 12.4. The predicted octanol–water partition coefficient (Wildman–Crippen LogP) is 5.27. The van der Waals surface area contributed by atoms with Gasteiger partial charge in [0, 0.05) is 12.0 Å². The van der Waals surface area contributed by atoms with Crippen LogP contribution in [-0.4, -0.2) is 18.7 Å². The highest BCUT2D eigenvalue weighted by atomic mass is 16.7. The first-order valence-corrected chi connectivity index (χ1v) is 10.4. The molecule has 2 aromatic carbocycles. The molecule has 5 nitrogen and oxygen atoms in total. The molecule has 0 saturated heterocycles. The second kappa shape index (κ2) is 11.0. The number of esters is 2. The van der Waals surface area contributed by atoms with Crippen LogP contribution in [-0.2, 0) is 9.53 Å². The van der Waals surface area contributed by atoms with E-state index in [9.17, 15) is 9.59 Å². The van der Waals surface area contributed by atoms with Crippen molar-refractivity contribution in [3.05, 3.63) is 72.3 Å². The third kappa shape index (κ3) is 6.48. The van der Waals surface area contributed by atoms with E-state index in [0.29, 0.717) is 28.9 Å². The quantitative estimate of drug-likeness (QED) is 0.202. The summed E-state index contributed by atoms with van der Waals surface area (Å²) in [5.41, 5.74) is 1.68. The van der Waals surface area contributed by atoms with Gasteiger partial charge in [-0.25, -0.2) is 9.59 Å². The fourth-order valence-corrected chi connectivity index (χ4v) is 3.65. The van der Waals surface area contributed by atoms with Crippen molar-refractivity contribution in [2.24, 2.45) is 5.92 Å². The summed E-state index contributed by atoms with van der Waals surface area (Å²) in [5.74, 6) is 7.34. The molecule has 0 radical (unpaired) electrons. The molecule has 0 amide bonds. The number of ether oxygens (including phenoxy) is 3. The highest BCUT2D eigenvalue weighted by molar-refractivity contribution is 5.91. The summed E-state index contributed by atoms with van der Waals surface area (Å²) >= 11 is 0. The second-order valence-corrected chi connectivity index (χ2v) is 7.36. The zero-order chi connectivity index (χ0) is 22.1.